The number of piperidine rings is 1. The first-order chi connectivity index (χ1) is 10.4. The first-order valence-electron chi connectivity index (χ1n) is 7.89. The Labute approximate surface area is 143 Å². The molecule has 0 saturated carbocycles. The Kier molecular flexibility index (Phi) is 6.54. The van der Waals surface area contributed by atoms with E-state index in [1.54, 1.807) is 12.1 Å². The van der Waals surface area contributed by atoms with E-state index in [2.05, 4.69) is 24.1 Å². The van der Waals surface area contributed by atoms with Gasteiger partial charge in [0.15, 0.2) is 0 Å². The Balaban J connectivity index is 1.79. The molecular weight excluding hydrogens is 319 g/mol. The van der Waals surface area contributed by atoms with Crippen molar-refractivity contribution in [3.63, 3.8) is 0 Å². The number of likely N-dealkylation sites (tertiary alicyclic amines) is 1. The van der Waals surface area contributed by atoms with Gasteiger partial charge in [0.25, 0.3) is 0 Å². The summed E-state index contributed by atoms with van der Waals surface area (Å²) in [7, 11) is 0. The summed E-state index contributed by atoms with van der Waals surface area (Å²) in [6.07, 6.45) is 2.90. The van der Waals surface area contributed by atoms with E-state index in [4.69, 9.17) is 23.2 Å². The molecule has 0 aliphatic carbocycles. The van der Waals surface area contributed by atoms with Gasteiger partial charge in [0.2, 0.25) is 5.91 Å². The predicted molar refractivity (Wildman–Crippen MR) is 92.6 cm³/mol. The van der Waals surface area contributed by atoms with E-state index >= 15 is 0 Å². The van der Waals surface area contributed by atoms with Gasteiger partial charge in [-0.05, 0) is 49.9 Å². The third kappa shape index (κ3) is 5.45. The highest BCUT2D eigenvalue weighted by atomic mass is 35.5. The minimum atomic E-state index is 0.0240. The van der Waals surface area contributed by atoms with Gasteiger partial charge in [-0.15, -0.1) is 0 Å². The van der Waals surface area contributed by atoms with Crippen LogP contribution in [0.4, 0.5) is 0 Å². The van der Waals surface area contributed by atoms with Crippen LogP contribution in [0.15, 0.2) is 18.2 Å². The molecule has 1 heterocycles. The molecule has 5 heteroatoms. The first kappa shape index (κ1) is 17.6. The monoisotopic (exact) mass is 342 g/mol. The van der Waals surface area contributed by atoms with Gasteiger partial charge >= 0.3 is 0 Å². The molecule has 0 aromatic heterocycles. The number of hydrogen-bond donors (Lipinski definition) is 1. The molecule has 2 unspecified atom stereocenters. The Morgan fingerprint density at radius 2 is 2.18 bits per heavy atom. The number of carbonyl (C=O) groups is 1. The van der Waals surface area contributed by atoms with Crippen LogP contribution in [0.25, 0.3) is 0 Å². The molecule has 3 nitrogen and oxygen atoms in total. The van der Waals surface area contributed by atoms with Crippen molar-refractivity contribution in [1.82, 2.24) is 10.2 Å². The number of carbonyl (C=O) groups excluding carboxylic acids is 1. The van der Waals surface area contributed by atoms with Crippen LogP contribution in [0.3, 0.4) is 0 Å². The molecule has 1 aliphatic heterocycles. The molecule has 1 N–H and O–H groups in total. The zero-order valence-electron chi connectivity index (χ0n) is 13.2. The van der Waals surface area contributed by atoms with E-state index in [1.807, 2.05) is 6.07 Å². The third-order valence-electron chi connectivity index (χ3n) is 4.03. The Bertz CT molecular complexity index is 521. The average molecular weight is 343 g/mol. The van der Waals surface area contributed by atoms with Crippen molar-refractivity contribution < 1.29 is 4.79 Å². The normalized spacial score (nSPS) is 20.6. The molecular formula is C17H24Cl2N2O. The van der Waals surface area contributed by atoms with Crippen LogP contribution >= 0.6 is 23.2 Å². The largest absolute Gasteiger partial charge is 0.352 e. The molecule has 1 aliphatic rings. The van der Waals surface area contributed by atoms with Crippen molar-refractivity contribution in [2.45, 2.75) is 39.2 Å². The fourth-order valence-corrected chi connectivity index (χ4v) is 3.37. The Hall–Kier alpha value is -0.770. The first-order valence-corrected chi connectivity index (χ1v) is 8.65. The highest BCUT2D eigenvalue weighted by Crippen LogP contribution is 2.22. The number of amides is 1. The highest BCUT2D eigenvalue weighted by Gasteiger charge is 2.19. The number of benzene rings is 1. The Morgan fingerprint density at radius 1 is 1.41 bits per heavy atom. The van der Waals surface area contributed by atoms with Gasteiger partial charge in [-0.2, -0.15) is 0 Å². The van der Waals surface area contributed by atoms with E-state index in [1.165, 1.54) is 12.8 Å². The van der Waals surface area contributed by atoms with Crippen LogP contribution in [-0.4, -0.2) is 36.5 Å². The molecule has 0 radical (unpaired) electrons. The molecule has 0 bridgehead atoms. The number of rotatable bonds is 5. The van der Waals surface area contributed by atoms with Crippen molar-refractivity contribution in [3.8, 4) is 0 Å². The summed E-state index contributed by atoms with van der Waals surface area (Å²) in [5.74, 6) is 0.781. The zero-order chi connectivity index (χ0) is 16.1. The summed E-state index contributed by atoms with van der Waals surface area (Å²) >= 11 is 11.9. The number of nitrogens with zero attached hydrogens (tertiary/aromatic N) is 1. The van der Waals surface area contributed by atoms with Gasteiger partial charge in [0.1, 0.15) is 0 Å². The standard InChI is InChI=1S/C17H24Cl2N2O/c1-12-4-3-7-21(10-12)11-13(2)20-17(22)9-14-5-6-15(18)16(19)8-14/h5-6,8,12-13H,3-4,7,9-11H2,1-2H3,(H,20,22). The SMILES string of the molecule is CC1CCCN(CC(C)NC(=O)Cc2ccc(Cl)c(Cl)c2)C1. The van der Waals surface area contributed by atoms with Gasteiger partial charge in [-0.25, -0.2) is 0 Å². The molecule has 0 spiro atoms. The van der Waals surface area contributed by atoms with E-state index < -0.39 is 0 Å². The molecule has 2 rings (SSSR count). The summed E-state index contributed by atoms with van der Waals surface area (Å²) in [5.41, 5.74) is 0.880. The molecule has 1 saturated heterocycles. The minimum absolute atomic E-state index is 0.0240. The van der Waals surface area contributed by atoms with Gasteiger partial charge in [0, 0.05) is 19.1 Å². The summed E-state index contributed by atoms with van der Waals surface area (Å²) in [4.78, 5) is 14.6. The smallest absolute Gasteiger partial charge is 0.224 e. The lowest BCUT2D eigenvalue weighted by Gasteiger charge is -2.32. The molecule has 1 fully saturated rings. The van der Waals surface area contributed by atoms with Gasteiger partial charge in [0.05, 0.1) is 16.5 Å². The third-order valence-corrected chi connectivity index (χ3v) is 4.77. The lowest BCUT2D eigenvalue weighted by molar-refractivity contribution is -0.121. The number of nitrogens with one attached hydrogen (secondary N) is 1. The predicted octanol–water partition coefficient (Wildman–Crippen LogP) is 3.77. The second-order valence-corrected chi connectivity index (χ2v) is 7.22. The highest BCUT2D eigenvalue weighted by molar-refractivity contribution is 6.42. The number of halogens is 2. The molecule has 2 atom stereocenters. The van der Waals surface area contributed by atoms with Gasteiger partial charge in [-0.3, -0.25) is 4.79 Å². The summed E-state index contributed by atoms with van der Waals surface area (Å²) in [6.45, 7) is 7.54. The molecule has 22 heavy (non-hydrogen) atoms. The summed E-state index contributed by atoms with van der Waals surface area (Å²) in [5, 5.41) is 4.07. The van der Waals surface area contributed by atoms with Crippen molar-refractivity contribution in [2.24, 2.45) is 5.92 Å². The quantitative estimate of drug-likeness (QED) is 0.883. The maximum Gasteiger partial charge on any atom is 0.224 e. The minimum Gasteiger partial charge on any atom is -0.352 e. The lowest BCUT2D eigenvalue weighted by Crippen LogP contribution is -2.45. The Morgan fingerprint density at radius 3 is 2.86 bits per heavy atom. The van der Waals surface area contributed by atoms with Crippen molar-refractivity contribution in [3.05, 3.63) is 33.8 Å². The average Bonchev–Trinajstić information content (AvgIpc) is 2.42. The number of hydrogen-bond acceptors (Lipinski definition) is 2. The van der Waals surface area contributed by atoms with Gasteiger partial charge in [-0.1, -0.05) is 36.2 Å². The van der Waals surface area contributed by atoms with Crippen LogP contribution in [0.2, 0.25) is 10.0 Å². The van der Waals surface area contributed by atoms with Crippen molar-refractivity contribution >= 4 is 29.1 Å². The fraction of sp³-hybridized carbons (Fsp3) is 0.588. The van der Waals surface area contributed by atoms with Crippen LogP contribution in [0.5, 0.6) is 0 Å². The van der Waals surface area contributed by atoms with Crippen molar-refractivity contribution in [1.29, 1.82) is 0 Å². The fourth-order valence-electron chi connectivity index (χ4n) is 3.05. The van der Waals surface area contributed by atoms with E-state index in [0.29, 0.717) is 16.5 Å². The van der Waals surface area contributed by atoms with Crippen LogP contribution in [0, 0.1) is 5.92 Å². The van der Waals surface area contributed by atoms with Crippen LogP contribution in [0.1, 0.15) is 32.3 Å². The summed E-state index contributed by atoms with van der Waals surface area (Å²) < 4.78 is 0. The van der Waals surface area contributed by atoms with Crippen molar-refractivity contribution in [2.75, 3.05) is 19.6 Å². The van der Waals surface area contributed by atoms with Crippen LogP contribution in [-0.2, 0) is 11.2 Å². The molecule has 1 amide bonds. The van der Waals surface area contributed by atoms with E-state index in [-0.39, 0.29) is 11.9 Å². The second-order valence-electron chi connectivity index (χ2n) is 6.40. The summed E-state index contributed by atoms with van der Waals surface area (Å²) in [6, 6.07) is 5.47. The zero-order valence-corrected chi connectivity index (χ0v) is 14.8. The van der Waals surface area contributed by atoms with Gasteiger partial charge < -0.3 is 10.2 Å². The second kappa shape index (κ2) is 8.19. The topological polar surface area (TPSA) is 32.3 Å². The van der Waals surface area contributed by atoms with Crippen LogP contribution < -0.4 is 5.32 Å². The maximum absolute atomic E-state index is 12.1. The molecule has 1 aromatic rings. The maximum atomic E-state index is 12.1. The molecule has 1 aromatic carbocycles. The molecule has 122 valence electrons. The van der Waals surface area contributed by atoms with E-state index in [0.717, 1.165) is 31.1 Å². The lowest BCUT2D eigenvalue weighted by atomic mass is 10.00. The van der Waals surface area contributed by atoms with E-state index in [9.17, 15) is 4.79 Å².